The molecule has 0 aliphatic heterocycles. The molecule has 0 aliphatic rings. The van der Waals surface area contributed by atoms with E-state index in [1.165, 1.54) is 36.5 Å². The van der Waals surface area contributed by atoms with Crippen molar-refractivity contribution in [1.82, 2.24) is 4.98 Å². The van der Waals surface area contributed by atoms with Gasteiger partial charge in [0.15, 0.2) is 0 Å². The van der Waals surface area contributed by atoms with Crippen LogP contribution < -0.4 is 5.32 Å². The van der Waals surface area contributed by atoms with Gasteiger partial charge in [-0.05, 0) is 35.9 Å². The molecule has 5 nitrogen and oxygen atoms in total. The number of anilines is 1. The van der Waals surface area contributed by atoms with Crippen molar-refractivity contribution < 1.29 is 19.1 Å². The maximum Gasteiger partial charge on any atom is 0.328 e. The van der Waals surface area contributed by atoms with Crippen molar-refractivity contribution in [2.75, 3.05) is 5.32 Å². The molecule has 0 saturated heterocycles. The van der Waals surface area contributed by atoms with Crippen LogP contribution in [0.4, 0.5) is 10.2 Å². The number of nitrogens with zero attached hydrogens (tertiary/aromatic N) is 1. The van der Waals surface area contributed by atoms with Crippen molar-refractivity contribution in [3.8, 4) is 0 Å². The van der Waals surface area contributed by atoms with Crippen LogP contribution in [0.25, 0.3) is 6.08 Å². The van der Waals surface area contributed by atoms with Gasteiger partial charge in [0.25, 0.3) is 5.91 Å². The molecule has 0 radical (unpaired) electrons. The average molecular weight is 286 g/mol. The van der Waals surface area contributed by atoms with Gasteiger partial charge in [0.1, 0.15) is 11.6 Å². The van der Waals surface area contributed by atoms with Gasteiger partial charge in [0, 0.05) is 12.3 Å². The van der Waals surface area contributed by atoms with Crippen molar-refractivity contribution in [3.05, 3.63) is 65.6 Å². The Morgan fingerprint density at radius 1 is 1.24 bits per heavy atom. The standard InChI is InChI=1S/C15H11FN2O3/c16-12-4-2-1-3-11(12)15(21)18-13-9-10(7-8-17-13)5-6-14(19)20/h1-9H,(H,19,20)(H,17,18,21)/b6-5+. The summed E-state index contributed by atoms with van der Waals surface area (Å²) in [6, 6.07) is 8.66. The second kappa shape index (κ2) is 6.42. The molecular formula is C15H11FN2O3. The minimum Gasteiger partial charge on any atom is -0.478 e. The third-order valence-corrected chi connectivity index (χ3v) is 2.56. The molecule has 2 aromatic rings. The number of benzene rings is 1. The Hall–Kier alpha value is -3.02. The number of carbonyl (C=O) groups excluding carboxylic acids is 1. The molecule has 0 spiro atoms. The van der Waals surface area contributed by atoms with E-state index in [9.17, 15) is 14.0 Å². The van der Waals surface area contributed by atoms with Gasteiger partial charge in [0.05, 0.1) is 5.56 Å². The van der Waals surface area contributed by atoms with Crippen LogP contribution in [0.3, 0.4) is 0 Å². The molecule has 0 aliphatic carbocycles. The van der Waals surface area contributed by atoms with E-state index in [2.05, 4.69) is 10.3 Å². The zero-order valence-electron chi connectivity index (χ0n) is 10.8. The smallest absolute Gasteiger partial charge is 0.328 e. The van der Waals surface area contributed by atoms with E-state index in [0.29, 0.717) is 5.56 Å². The Balaban J connectivity index is 2.17. The van der Waals surface area contributed by atoms with Crippen LogP contribution in [-0.2, 0) is 4.79 Å². The first-order chi connectivity index (χ1) is 10.1. The molecule has 0 atom stereocenters. The van der Waals surface area contributed by atoms with E-state index in [1.54, 1.807) is 12.1 Å². The fraction of sp³-hybridized carbons (Fsp3) is 0. The molecular weight excluding hydrogens is 275 g/mol. The molecule has 1 heterocycles. The highest BCUT2D eigenvalue weighted by Crippen LogP contribution is 2.12. The summed E-state index contributed by atoms with van der Waals surface area (Å²) < 4.78 is 13.5. The topological polar surface area (TPSA) is 79.3 Å². The number of pyridine rings is 1. The molecule has 106 valence electrons. The first kappa shape index (κ1) is 14.4. The maximum absolute atomic E-state index is 13.5. The molecule has 2 rings (SSSR count). The highest BCUT2D eigenvalue weighted by atomic mass is 19.1. The Labute approximate surface area is 119 Å². The summed E-state index contributed by atoms with van der Waals surface area (Å²) in [5.74, 6) is -2.13. The summed E-state index contributed by atoms with van der Waals surface area (Å²) in [4.78, 5) is 26.3. The monoisotopic (exact) mass is 286 g/mol. The van der Waals surface area contributed by atoms with Gasteiger partial charge in [-0.3, -0.25) is 4.79 Å². The van der Waals surface area contributed by atoms with Gasteiger partial charge in [-0.1, -0.05) is 12.1 Å². The molecule has 1 aromatic carbocycles. The van der Waals surface area contributed by atoms with Gasteiger partial charge in [0.2, 0.25) is 0 Å². The Morgan fingerprint density at radius 3 is 2.71 bits per heavy atom. The summed E-state index contributed by atoms with van der Waals surface area (Å²) in [6.07, 6.45) is 3.75. The quantitative estimate of drug-likeness (QED) is 0.847. The Kier molecular flexibility index (Phi) is 4.40. The number of rotatable bonds is 4. The number of hydrogen-bond donors (Lipinski definition) is 2. The molecule has 21 heavy (non-hydrogen) atoms. The number of aliphatic carboxylic acids is 1. The predicted octanol–water partition coefficient (Wildman–Crippen LogP) is 2.57. The number of carboxylic acid groups (broad SMARTS) is 1. The minimum absolute atomic E-state index is 0.0919. The lowest BCUT2D eigenvalue weighted by atomic mass is 10.2. The SMILES string of the molecule is O=C(O)/C=C/c1ccnc(NC(=O)c2ccccc2F)c1. The molecule has 0 unspecified atom stereocenters. The summed E-state index contributed by atoms with van der Waals surface area (Å²) in [6.45, 7) is 0. The number of carboxylic acids is 1. The summed E-state index contributed by atoms with van der Waals surface area (Å²) in [7, 11) is 0. The maximum atomic E-state index is 13.5. The van der Waals surface area contributed by atoms with E-state index >= 15 is 0 Å². The van der Waals surface area contributed by atoms with Gasteiger partial charge in [-0.2, -0.15) is 0 Å². The van der Waals surface area contributed by atoms with Crippen molar-refractivity contribution in [1.29, 1.82) is 0 Å². The van der Waals surface area contributed by atoms with E-state index in [4.69, 9.17) is 5.11 Å². The van der Waals surface area contributed by atoms with Crippen LogP contribution in [0.2, 0.25) is 0 Å². The van der Waals surface area contributed by atoms with Crippen LogP contribution in [0.1, 0.15) is 15.9 Å². The molecule has 0 bridgehead atoms. The number of halogens is 1. The van der Waals surface area contributed by atoms with Crippen molar-refractivity contribution >= 4 is 23.8 Å². The molecule has 0 saturated carbocycles. The Morgan fingerprint density at radius 2 is 2.00 bits per heavy atom. The zero-order chi connectivity index (χ0) is 15.2. The zero-order valence-corrected chi connectivity index (χ0v) is 10.8. The first-order valence-electron chi connectivity index (χ1n) is 5.99. The molecule has 6 heteroatoms. The highest BCUT2D eigenvalue weighted by Gasteiger charge is 2.11. The first-order valence-corrected chi connectivity index (χ1v) is 5.99. The largest absolute Gasteiger partial charge is 0.478 e. The highest BCUT2D eigenvalue weighted by molar-refractivity contribution is 6.04. The van der Waals surface area contributed by atoms with E-state index in [0.717, 1.165) is 6.08 Å². The van der Waals surface area contributed by atoms with Gasteiger partial charge in [-0.25, -0.2) is 14.2 Å². The lowest BCUT2D eigenvalue weighted by Gasteiger charge is -2.05. The second-order valence-corrected chi connectivity index (χ2v) is 4.08. The lowest BCUT2D eigenvalue weighted by molar-refractivity contribution is -0.131. The number of carbonyl (C=O) groups is 2. The van der Waals surface area contributed by atoms with Crippen LogP contribution in [0, 0.1) is 5.82 Å². The van der Waals surface area contributed by atoms with Crippen LogP contribution in [0.5, 0.6) is 0 Å². The van der Waals surface area contributed by atoms with Crippen LogP contribution in [0.15, 0.2) is 48.7 Å². The second-order valence-electron chi connectivity index (χ2n) is 4.08. The molecule has 0 fully saturated rings. The number of amides is 1. The molecule has 1 amide bonds. The predicted molar refractivity (Wildman–Crippen MR) is 75.3 cm³/mol. The number of nitrogens with one attached hydrogen (secondary N) is 1. The third kappa shape index (κ3) is 3.97. The van der Waals surface area contributed by atoms with E-state index in [-0.39, 0.29) is 11.4 Å². The Bertz CT molecular complexity index is 714. The van der Waals surface area contributed by atoms with Crippen LogP contribution in [-0.4, -0.2) is 22.0 Å². The summed E-state index contributed by atoms with van der Waals surface area (Å²) >= 11 is 0. The molecule has 2 N–H and O–H groups in total. The fourth-order valence-corrected chi connectivity index (χ4v) is 1.62. The average Bonchev–Trinajstić information content (AvgIpc) is 2.46. The minimum atomic E-state index is -1.08. The van der Waals surface area contributed by atoms with Crippen molar-refractivity contribution in [2.24, 2.45) is 0 Å². The van der Waals surface area contributed by atoms with Crippen molar-refractivity contribution in [3.63, 3.8) is 0 Å². The van der Waals surface area contributed by atoms with Gasteiger partial charge in [-0.15, -0.1) is 0 Å². The van der Waals surface area contributed by atoms with E-state index < -0.39 is 17.7 Å². The van der Waals surface area contributed by atoms with Gasteiger partial charge >= 0.3 is 5.97 Å². The van der Waals surface area contributed by atoms with E-state index in [1.807, 2.05) is 0 Å². The molecule has 1 aromatic heterocycles. The van der Waals surface area contributed by atoms with Crippen molar-refractivity contribution in [2.45, 2.75) is 0 Å². The van der Waals surface area contributed by atoms with Crippen LogP contribution >= 0.6 is 0 Å². The number of hydrogen-bond acceptors (Lipinski definition) is 3. The summed E-state index contributed by atoms with van der Waals surface area (Å²) in [5.41, 5.74) is 0.460. The normalized spacial score (nSPS) is 10.5. The summed E-state index contributed by atoms with van der Waals surface area (Å²) in [5, 5.41) is 11.0. The fourth-order valence-electron chi connectivity index (χ4n) is 1.62. The van der Waals surface area contributed by atoms with Gasteiger partial charge < -0.3 is 10.4 Å². The number of aromatic nitrogens is 1. The lowest BCUT2D eigenvalue weighted by Crippen LogP contribution is -2.14. The third-order valence-electron chi connectivity index (χ3n) is 2.56.